The summed E-state index contributed by atoms with van der Waals surface area (Å²) in [4.78, 5) is 17.4. The standard InChI is InChI=1S/C24H21N3O3S2/c28-24(25-16-23-26-20-11-2-4-13-22(20)31-23)18-8-5-10-19(15-18)32(29,30)27-14-6-9-17-7-1-3-12-21(17)27/h1-5,7-8,10-13,15H,6,9,14,16H2,(H,25,28). The van der Waals surface area contributed by atoms with Crippen LogP contribution < -0.4 is 9.62 Å². The van der Waals surface area contributed by atoms with Crippen molar-refractivity contribution < 1.29 is 13.2 Å². The number of rotatable bonds is 5. The Morgan fingerprint density at radius 3 is 2.72 bits per heavy atom. The average Bonchev–Trinajstić information content (AvgIpc) is 3.25. The molecule has 3 aromatic carbocycles. The molecular formula is C24H21N3O3S2. The van der Waals surface area contributed by atoms with Crippen LogP contribution in [0.5, 0.6) is 0 Å². The largest absolute Gasteiger partial charge is 0.346 e. The van der Waals surface area contributed by atoms with Gasteiger partial charge in [0.05, 0.1) is 27.3 Å². The fourth-order valence-electron chi connectivity index (χ4n) is 3.93. The zero-order valence-electron chi connectivity index (χ0n) is 17.2. The number of nitrogens with one attached hydrogen (secondary N) is 1. The molecule has 0 saturated heterocycles. The minimum Gasteiger partial charge on any atom is -0.346 e. The number of aryl methyl sites for hydroxylation is 1. The van der Waals surface area contributed by atoms with Gasteiger partial charge in [0, 0.05) is 12.1 Å². The van der Waals surface area contributed by atoms with Gasteiger partial charge in [0.1, 0.15) is 5.01 Å². The molecule has 0 saturated carbocycles. The summed E-state index contributed by atoms with van der Waals surface area (Å²) in [5.74, 6) is -0.333. The Labute approximate surface area is 190 Å². The first-order valence-electron chi connectivity index (χ1n) is 10.4. The van der Waals surface area contributed by atoms with Crippen molar-refractivity contribution in [2.24, 2.45) is 0 Å². The lowest BCUT2D eigenvalue weighted by molar-refractivity contribution is 0.0950. The topological polar surface area (TPSA) is 79.4 Å². The summed E-state index contributed by atoms with van der Waals surface area (Å²) < 4.78 is 29.3. The summed E-state index contributed by atoms with van der Waals surface area (Å²) in [6.07, 6.45) is 1.62. The summed E-state index contributed by atoms with van der Waals surface area (Å²) in [7, 11) is -3.77. The lowest BCUT2D eigenvalue weighted by Gasteiger charge is -2.30. The fraction of sp³-hybridized carbons (Fsp3) is 0.167. The molecule has 8 heteroatoms. The number of fused-ring (bicyclic) bond motifs is 2. The number of amides is 1. The molecule has 162 valence electrons. The Kier molecular flexibility index (Phi) is 5.40. The Morgan fingerprint density at radius 2 is 1.84 bits per heavy atom. The minimum atomic E-state index is -3.77. The molecule has 0 radical (unpaired) electrons. The van der Waals surface area contributed by atoms with Gasteiger partial charge in [-0.1, -0.05) is 36.4 Å². The van der Waals surface area contributed by atoms with Crippen LogP contribution in [0.15, 0.2) is 77.7 Å². The van der Waals surface area contributed by atoms with E-state index >= 15 is 0 Å². The van der Waals surface area contributed by atoms with Crippen molar-refractivity contribution >= 4 is 43.2 Å². The van der Waals surface area contributed by atoms with Crippen LogP contribution in [-0.2, 0) is 23.0 Å². The predicted molar refractivity (Wildman–Crippen MR) is 127 cm³/mol. The van der Waals surface area contributed by atoms with E-state index in [1.165, 1.54) is 27.8 Å². The van der Waals surface area contributed by atoms with Gasteiger partial charge >= 0.3 is 0 Å². The molecule has 0 fully saturated rings. The van der Waals surface area contributed by atoms with E-state index in [1.54, 1.807) is 12.1 Å². The Bertz CT molecular complexity index is 1380. The Balaban J connectivity index is 1.36. The van der Waals surface area contributed by atoms with Crippen LogP contribution in [0.25, 0.3) is 10.2 Å². The highest BCUT2D eigenvalue weighted by atomic mass is 32.2. The molecule has 1 aromatic heterocycles. The van der Waals surface area contributed by atoms with E-state index in [0.29, 0.717) is 17.8 Å². The van der Waals surface area contributed by atoms with E-state index < -0.39 is 10.0 Å². The highest BCUT2D eigenvalue weighted by molar-refractivity contribution is 7.92. The van der Waals surface area contributed by atoms with Crippen LogP contribution >= 0.6 is 11.3 Å². The molecule has 4 aromatic rings. The first-order chi connectivity index (χ1) is 15.5. The maximum absolute atomic E-state index is 13.4. The maximum Gasteiger partial charge on any atom is 0.264 e. The van der Waals surface area contributed by atoms with Crippen molar-refractivity contribution in [3.63, 3.8) is 0 Å². The van der Waals surface area contributed by atoms with E-state index in [2.05, 4.69) is 10.3 Å². The number of nitrogens with zero attached hydrogens (tertiary/aromatic N) is 2. The first kappa shape index (κ1) is 20.7. The van der Waals surface area contributed by atoms with E-state index in [1.807, 2.05) is 48.5 Å². The second kappa shape index (κ2) is 8.37. The van der Waals surface area contributed by atoms with Gasteiger partial charge in [-0.05, 0) is 54.8 Å². The highest BCUT2D eigenvalue weighted by Crippen LogP contribution is 2.32. The number of hydrogen-bond acceptors (Lipinski definition) is 5. The monoisotopic (exact) mass is 463 g/mol. The fourth-order valence-corrected chi connectivity index (χ4v) is 6.42. The molecule has 0 aliphatic carbocycles. The Hall–Kier alpha value is -3.23. The van der Waals surface area contributed by atoms with E-state index in [9.17, 15) is 13.2 Å². The molecule has 0 atom stereocenters. The zero-order chi connectivity index (χ0) is 22.1. The van der Waals surface area contributed by atoms with E-state index in [0.717, 1.165) is 33.6 Å². The van der Waals surface area contributed by atoms with Crippen LogP contribution in [-0.4, -0.2) is 25.9 Å². The van der Waals surface area contributed by atoms with Gasteiger partial charge in [-0.25, -0.2) is 13.4 Å². The maximum atomic E-state index is 13.4. The van der Waals surface area contributed by atoms with E-state index in [-0.39, 0.29) is 17.3 Å². The highest BCUT2D eigenvalue weighted by Gasteiger charge is 2.29. The summed E-state index contributed by atoms with van der Waals surface area (Å²) >= 11 is 1.53. The number of anilines is 1. The predicted octanol–water partition coefficient (Wildman–Crippen LogP) is 4.37. The molecule has 32 heavy (non-hydrogen) atoms. The van der Waals surface area contributed by atoms with Crippen LogP contribution in [0.1, 0.15) is 27.3 Å². The first-order valence-corrected chi connectivity index (χ1v) is 12.6. The van der Waals surface area contributed by atoms with Gasteiger partial charge in [-0.2, -0.15) is 0 Å². The number of hydrogen-bond donors (Lipinski definition) is 1. The summed E-state index contributed by atoms with van der Waals surface area (Å²) in [6, 6.07) is 21.6. The normalized spacial score (nSPS) is 13.7. The van der Waals surface area contributed by atoms with Crippen molar-refractivity contribution in [3.8, 4) is 0 Å². The van der Waals surface area contributed by atoms with E-state index in [4.69, 9.17) is 0 Å². The Morgan fingerprint density at radius 1 is 1.03 bits per heavy atom. The van der Waals surface area contributed by atoms with Crippen LogP contribution in [0.2, 0.25) is 0 Å². The van der Waals surface area contributed by atoms with Gasteiger partial charge < -0.3 is 5.32 Å². The summed E-state index contributed by atoms with van der Waals surface area (Å²) in [5, 5.41) is 3.65. The molecule has 0 unspecified atom stereocenters. The number of carbonyl (C=O) groups excluding carboxylic acids is 1. The third-order valence-corrected chi connectivity index (χ3v) is 8.34. The van der Waals surface area contributed by atoms with Crippen molar-refractivity contribution in [1.82, 2.24) is 10.3 Å². The van der Waals surface area contributed by atoms with Crippen LogP contribution in [0.3, 0.4) is 0 Å². The lowest BCUT2D eigenvalue weighted by atomic mass is 10.0. The molecule has 0 spiro atoms. The SMILES string of the molecule is O=C(NCc1nc2ccccc2s1)c1cccc(S(=O)(=O)N2CCCc3ccccc32)c1. The molecule has 1 aliphatic rings. The molecule has 1 amide bonds. The number of para-hydroxylation sites is 2. The molecule has 1 aliphatic heterocycles. The van der Waals surface area contributed by atoms with Crippen molar-refractivity contribution in [1.29, 1.82) is 0 Å². The summed E-state index contributed by atoms with van der Waals surface area (Å²) in [5.41, 5.74) is 2.94. The van der Waals surface area contributed by atoms with Crippen molar-refractivity contribution in [3.05, 3.63) is 88.9 Å². The minimum absolute atomic E-state index is 0.113. The number of sulfonamides is 1. The second-order valence-corrected chi connectivity index (χ2v) is 10.6. The van der Waals surface area contributed by atoms with Crippen molar-refractivity contribution in [2.45, 2.75) is 24.3 Å². The lowest BCUT2D eigenvalue weighted by Crippen LogP contribution is -2.35. The number of thiazole rings is 1. The third-order valence-electron chi connectivity index (χ3n) is 5.49. The van der Waals surface area contributed by atoms with Crippen LogP contribution in [0, 0.1) is 0 Å². The number of aromatic nitrogens is 1. The quantitative estimate of drug-likeness (QED) is 0.477. The molecule has 6 nitrogen and oxygen atoms in total. The molecule has 5 rings (SSSR count). The van der Waals surface area contributed by atoms with Gasteiger partial charge in [-0.3, -0.25) is 9.10 Å². The van der Waals surface area contributed by atoms with Gasteiger partial charge in [-0.15, -0.1) is 11.3 Å². The smallest absolute Gasteiger partial charge is 0.264 e. The van der Waals surface area contributed by atoms with Gasteiger partial charge in [0.25, 0.3) is 15.9 Å². The zero-order valence-corrected chi connectivity index (χ0v) is 18.8. The summed E-state index contributed by atoms with van der Waals surface area (Å²) in [6.45, 7) is 0.710. The third kappa shape index (κ3) is 3.87. The second-order valence-electron chi connectivity index (χ2n) is 7.60. The number of carbonyl (C=O) groups is 1. The van der Waals surface area contributed by atoms with Crippen molar-refractivity contribution in [2.75, 3.05) is 10.8 Å². The van der Waals surface area contributed by atoms with Gasteiger partial charge in [0.15, 0.2) is 0 Å². The molecule has 1 N–H and O–H groups in total. The molecule has 2 heterocycles. The van der Waals surface area contributed by atoms with Crippen LogP contribution in [0.4, 0.5) is 5.69 Å². The van der Waals surface area contributed by atoms with Gasteiger partial charge in [0.2, 0.25) is 0 Å². The molecular weight excluding hydrogens is 442 g/mol. The molecule has 0 bridgehead atoms. The average molecular weight is 464 g/mol. The number of benzene rings is 3.